The summed E-state index contributed by atoms with van der Waals surface area (Å²) in [6.45, 7) is 1.75. The number of nitrogens with zero attached hydrogens (tertiary/aromatic N) is 4. The van der Waals surface area contributed by atoms with Crippen LogP contribution in [0.1, 0.15) is 18.9 Å². The topological polar surface area (TPSA) is 116 Å². The van der Waals surface area contributed by atoms with Gasteiger partial charge in [0.05, 0.1) is 31.0 Å². The van der Waals surface area contributed by atoms with Gasteiger partial charge in [0.25, 0.3) is 0 Å². The van der Waals surface area contributed by atoms with Crippen LogP contribution in [0.5, 0.6) is 17.4 Å². The number of aromatic nitrogens is 3. The molecule has 0 N–H and O–H groups in total. The Morgan fingerprint density at radius 1 is 1.03 bits per heavy atom. The van der Waals surface area contributed by atoms with E-state index in [0.29, 0.717) is 29.1 Å². The van der Waals surface area contributed by atoms with Crippen molar-refractivity contribution in [2.24, 2.45) is 7.05 Å². The van der Waals surface area contributed by atoms with E-state index in [0.717, 1.165) is 11.0 Å². The Hall–Kier alpha value is -4.10. The highest BCUT2D eigenvalue weighted by atomic mass is 32.2. The van der Waals surface area contributed by atoms with Crippen molar-refractivity contribution < 1.29 is 22.1 Å². The van der Waals surface area contributed by atoms with Gasteiger partial charge in [-0.05, 0) is 42.3 Å². The normalized spacial score (nSPS) is 11.3. The SMILES string of the molecule is CCCS(=O)(=O)Oc1cc(-c2cc(-c3nc4ccccc4n3C)nc(OC)c2C#N)ccc1OC. The van der Waals surface area contributed by atoms with Crippen molar-refractivity contribution in [1.82, 2.24) is 14.5 Å². The van der Waals surface area contributed by atoms with Gasteiger partial charge in [-0.15, -0.1) is 0 Å². The van der Waals surface area contributed by atoms with Gasteiger partial charge < -0.3 is 18.2 Å². The molecular formula is C25H24N4O5S. The van der Waals surface area contributed by atoms with Crippen molar-refractivity contribution in [1.29, 1.82) is 5.26 Å². The van der Waals surface area contributed by atoms with E-state index in [1.54, 1.807) is 25.1 Å². The first-order valence-corrected chi connectivity index (χ1v) is 12.4. The molecule has 4 aromatic rings. The Morgan fingerprint density at radius 3 is 2.46 bits per heavy atom. The molecule has 2 aromatic carbocycles. The summed E-state index contributed by atoms with van der Waals surface area (Å²) in [6, 6.07) is 16.4. The van der Waals surface area contributed by atoms with E-state index >= 15 is 0 Å². The zero-order valence-electron chi connectivity index (χ0n) is 19.8. The Kier molecular flexibility index (Phi) is 6.62. The summed E-state index contributed by atoms with van der Waals surface area (Å²) in [5.74, 6) is 0.865. The number of methoxy groups -OCH3 is 2. The molecule has 0 saturated heterocycles. The maximum absolute atomic E-state index is 12.3. The number of fused-ring (bicyclic) bond motifs is 1. The number of ether oxygens (including phenoxy) is 2. The molecule has 35 heavy (non-hydrogen) atoms. The van der Waals surface area contributed by atoms with Crippen LogP contribution in [-0.4, -0.2) is 42.9 Å². The highest BCUT2D eigenvalue weighted by Gasteiger charge is 2.21. The zero-order chi connectivity index (χ0) is 25.2. The summed E-state index contributed by atoms with van der Waals surface area (Å²) >= 11 is 0. The van der Waals surface area contributed by atoms with Gasteiger partial charge in [0.2, 0.25) is 5.88 Å². The molecule has 0 fully saturated rings. The van der Waals surface area contributed by atoms with Crippen molar-refractivity contribution in [3.63, 3.8) is 0 Å². The fourth-order valence-electron chi connectivity index (χ4n) is 3.83. The first kappa shape index (κ1) is 24.0. The third-order valence-corrected chi connectivity index (χ3v) is 6.79. The molecule has 10 heteroatoms. The standard InChI is InChI=1S/C25H24N4O5S/c1-5-12-35(30,31)34-23-13-16(10-11-22(23)32-3)17-14-20(28-25(33-4)18(17)15-26)24-27-19-8-6-7-9-21(19)29(24)2/h6-11,13-14H,5,12H2,1-4H3. The minimum absolute atomic E-state index is 0.0300. The van der Waals surface area contributed by atoms with Crippen molar-refractivity contribution in [3.05, 3.63) is 54.1 Å². The van der Waals surface area contributed by atoms with E-state index in [4.69, 9.17) is 18.6 Å². The Morgan fingerprint density at radius 2 is 1.80 bits per heavy atom. The van der Waals surface area contributed by atoms with Gasteiger partial charge in [-0.3, -0.25) is 0 Å². The van der Waals surface area contributed by atoms with Crippen molar-refractivity contribution in [2.45, 2.75) is 13.3 Å². The molecule has 0 bridgehead atoms. The minimum Gasteiger partial charge on any atom is -0.493 e. The predicted molar refractivity (Wildman–Crippen MR) is 132 cm³/mol. The number of aryl methyl sites for hydroxylation is 1. The average Bonchev–Trinajstić information content (AvgIpc) is 3.19. The molecular weight excluding hydrogens is 468 g/mol. The highest BCUT2D eigenvalue weighted by molar-refractivity contribution is 7.87. The lowest BCUT2D eigenvalue weighted by molar-refractivity contribution is 0.390. The van der Waals surface area contributed by atoms with Crippen LogP contribution in [0, 0.1) is 11.3 Å². The smallest absolute Gasteiger partial charge is 0.309 e. The predicted octanol–water partition coefficient (Wildman–Crippen LogP) is 4.31. The molecule has 2 heterocycles. The van der Waals surface area contributed by atoms with Crippen LogP contribution in [0.3, 0.4) is 0 Å². The zero-order valence-corrected chi connectivity index (χ0v) is 20.6. The van der Waals surface area contributed by atoms with Gasteiger partial charge >= 0.3 is 10.1 Å². The van der Waals surface area contributed by atoms with Crippen LogP contribution in [0.4, 0.5) is 0 Å². The van der Waals surface area contributed by atoms with Crippen LogP contribution < -0.4 is 13.7 Å². The summed E-state index contributed by atoms with van der Waals surface area (Å²) in [4.78, 5) is 9.23. The molecule has 0 atom stereocenters. The van der Waals surface area contributed by atoms with Crippen LogP contribution in [-0.2, 0) is 17.2 Å². The maximum atomic E-state index is 12.3. The number of hydrogen-bond donors (Lipinski definition) is 0. The molecule has 180 valence electrons. The van der Waals surface area contributed by atoms with E-state index in [1.807, 2.05) is 35.9 Å². The molecule has 0 aliphatic rings. The second-order valence-corrected chi connectivity index (χ2v) is 9.44. The number of benzene rings is 2. The quantitative estimate of drug-likeness (QED) is 0.334. The number of para-hydroxylation sites is 2. The molecule has 0 unspecified atom stereocenters. The van der Waals surface area contributed by atoms with E-state index in [1.165, 1.54) is 20.3 Å². The fraction of sp³-hybridized carbons (Fsp3) is 0.240. The highest BCUT2D eigenvalue weighted by Crippen LogP contribution is 2.38. The second kappa shape index (κ2) is 9.64. The molecule has 0 aliphatic heterocycles. The summed E-state index contributed by atoms with van der Waals surface area (Å²) < 4.78 is 42.6. The van der Waals surface area contributed by atoms with Crippen LogP contribution >= 0.6 is 0 Å². The molecule has 0 radical (unpaired) electrons. The lowest BCUT2D eigenvalue weighted by Crippen LogP contribution is -2.13. The third-order valence-electron chi connectivity index (χ3n) is 5.45. The lowest BCUT2D eigenvalue weighted by Gasteiger charge is -2.14. The van der Waals surface area contributed by atoms with Crippen LogP contribution in [0.2, 0.25) is 0 Å². The van der Waals surface area contributed by atoms with Gasteiger partial charge in [-0.25, -0.2) is 9.97 Å². The molecule has 2 aromatic heterocycles. The van der Waals surface area contributed by atoms with Gasteiger partial charge in [-0.2, -0.15) is 13.7 Å². The first-order chi connectivity index (χ1) is 16.8. The van der Waals surface area contributed by atoms with Gasteiger partial charge in [0.15, 0.2) is 17.3 Å². The van der Waals surface area contributed by atoms with Crippen molar-refractivity contribution in [2.75, 3.05) is 20.0 Å². The monoisotopic (exact) mass is 492 g/mol. The number of imidazole rings is 1. The number of pyridine rings is 1. The number of rotatable bonds is 8. The summed E-state index contributed by atoms with van der Waals surface area (Å²) in [6.07, 6.45) is 0.409. The van der Waals surface area contributed by atoms with E-state index in [2.05, 4.69) is 11.1 Å². The summed E-state index contributed by atoms with van der Waals surface area (Å²) in [5, 5.41) is 9.91. The van der Waals surface area contributed by atoms with Gasteiger partial charge in [0.1, 0.15) is 17.3 Å². The second-order valence-electron chi connectivity index (χ2n) is 7.75. The number of hydrogen-bond acceptors (Lipinski definition) is 8. The molecule has 9 nitrogen and oxygen atoms in total. The van der Waals surface area contributed by atoms with Gasteiger partial charge in [-0.1, -0.05) is 25.1 Å². The van der Waals surface area contributed by atoms with E-state index < -0.39 is 10.1 Å². The molecule has 0 aliphatic carbocycles. The summed E-state index contributed by atoms with van der Waals surface area (Å²) in [7, 11) is 0.933. The van der Waals surface area contributed by atoms with Crippen molar-refractivity contribution >= 4 is 21.2 Å². The first-order valence-electron chi connectivity index (χ1n) is 10.8. The summed E-state index contributed by atoms with van der Waals surface area (Å²) in [5.41, 5.74) is 3.44. The lowest BCUT2D eigenvalue weighted by atomic mass is 10.00. The largest absolute Gasteiger partial charge is 0.493 e. The van der Waals surface area contributed by atoms with Crippen LogP contribution in [0.15, 0.2) is 48.5 Å². The van der Waals surface area contributed by atoms with Gasteiger partial charge in [0, 0.05) is 12.6 Å². The van der Waals surface area contributed by atoms with Crippen LogP contribution in [0.25, 0.3) is 33.7 Å². The Bertz CT molecular complexity index is 1550. The van der Waals surface area contributed by atoms with E-state index in [-0.39, 0.29) is 28.7 Å². The molecule has 0 saturated carbocycles. The van der Waals surface area contributed by atoms with E-state index in [9.17, 15) is 13.7 Å². The van der Waals surface area contributed by atoms with Crippen molar-refractivity contribution in [3.8, 4) is 46.1 Å². The molecule has 0 amide bonds. The molecule has 4 rings (SSSR count). The average molecular weight is 493 g/mol. The fourth-order valence-corrected chi connectivity index (χ4v) is 4.82. The minimum atomic E-state index is -3.81. The maximum Gasteiger partial charge on any atom is 0.309 e. The molecule has 0 spiro atoms. The Balaban J connectivity index is 1.92. The third kappa shape index (κ3) is 4.63. The Labute approximate surface area is 203 Å². The number of nitriles is 1.